The molecule has 0 aromatic heterocycles. The van der Waals surface area contributed by atoms with Crippen LogP contribution in [0.15, 0.2) is 42.0 Å². The van der Waals surface area contributed by atoms with E-state index in [4.69, 9.17) is 23.2 Å². The maximum atomic E-state index is 13.1. The predicted molar refractivity (Wildman–Crippen MR) is 93.5 cm³/mol. The lowest BCUT2D eigenvalue weighted by atomic mass is 10.1. The number of benzene rings is 2. The lowest BCUT2D eigenvalue weighted by Crippen LogP contribution is -2.54. The maximum absolute atomic E-state index is 13.1. The number of phenols is 1. The number of rotatable bonds is 2. The first-order chi connectivity index (χ1) is 12.3. The highest BCUT2D eigenvalue weighted by Gasteiger charge is 2.37. The van der Waals surface area contributed by atoms with Crippen LogP contribution < -0.4 is 10.2 Å². The molecule has 0 saturated carbocycles. The van der Waals surface area contributed by atoms with Gasteiger partial charge in [0.05, 0.1) is 10.7 Å². The molecule has 26 heavy (non-hydrogen) atoms. The van der Waals surface area contributed by atoms with E-state index >= 15 is 0 Å². The molecule has 0 unspecified atom stereocenters. The zero-order valence-corrected chi connectivity index (χ0v) is 14.3. The molecule has 1 saturated heterocycles. The summed E-state index contributed by atoms with van der Waals surface area (Å²) >= 11 is 11.7. The molecule has 2 aromatic carbocycles. The Balaban J connectivity index is 2.07. The Morgan fingerprint density at radius 3 is 2.38 bits per heavy atom. The van der Waals surface area contributed by atoms with Gasteiger partial charge in [0.25, 0.3) is 11.8 Å². The van der Waals surface area contributed by atoms with Gasteiger partial charge in [-0.15, -0.1) is 0 Å². The highest BCUT2D eigenvalue weighted by atomic mass is 35.5. The van der Waals surface area contributed by atoms with E-state index in [2.05, 4.69) is 0 Å². The largest absolute Gasteiger partial charge is 0.506 e. The lowest BCUT2D eigenvalue weighted by Gasteiger charge is -2.26. The summed E-state index contributed by atoms with van der Waals surface area (Å²) < 4.78 is 13.1. The van der Waals surface area contributed by atoms with Crippen LogP contribution >= 0.6 is 23.2 Å². The predicted octanol–water partition coefficient (Wildman–Crippen LogP) is 3.50. The minimum absolute atomic E-state index is 0.0226. The van der Waals surface area contributed by atoms with Gasteiger partial charge in [0, 0.05) is 10.6 Å². The van der Waals surface area contributed by atoms with Crippen molar-refractivity contribution >= 4 is 52.8 Å². The number of halogens is 3. The van der Waals surface area contributed by atoms with Crippen LogP contribution in [-0.2, 0) is 9.59 Å². The average Bonchev–Trinajstić information content (AvgIpc) is 2.57. The fourth-order valence-corrected chi connectivity index (χ4v) is 2.84. The molecule has 132 valence electrons. The molecule has 9 heteroatoms. The van der Waals surface area contributed by atoms with Crippen molar-refractivity contribution in [1.82, 2.24) is 5.32 Å². The Labute approximate surface area is 156 Å². The van der Waals surface area contributed by atoms with Gasteiger partial charge in [-0.25, -0.2) is 14.1 Å². The summed E-state index contributed by atoms with van der Waals surface area (Å²) in [5, 5.41) is 12.1. The zero-order valence-electron chi connectivity index (χ0n) is 12.8. The Hall–Kier alpha value is -2.90. The van der Waals surface area contributed by atoms with Crippen LogP contribution in [0.4, 0.5) is 14.9 Å². The van der Waals surface area contributed by atoms with E-state index in [1.807, 2.05) is 5.32 Å². The molecule has 6 nitrogen and oxygen atoms in total. The molecular weight excluding hydrogens is 386 g/mol. The van der Waals surface area contributed by atoms with E-state index in [9.17, 15) is 23.9 Å². The van der Waals surface area contributed by atoms with Crippen LogP contribution in [0.25, 0.3) is 6.08 Å². The second-order valence-electron chi connectivity index (χ2n) is 5.26. The molecule has 1 heterocycles. The van der Waals surface area contributed by atoms with Gasteiger partial charge < -0.3 is 5.11 Å². The van der Waals surface area contributed by atoms with Gasteiger partial charge in [-0.05, 0) is 42.5 Å². The molecule has 0 bridgehead atoms. The van der Waals surface area contributed by atoms with Gasteiger partial charge in [-0.1, -0.05) is 23.2 Å². The quantitative estimate of drug-likeness (QED) is 0.602. The lowest BCUT2D eigenvalue weighted by molar-refractivity contribution is -0.122. The Bertz CT molecular complexity index is 973. The smallest absolute Gasteiger partial charge is 0.335 e. The van der Waals surface area contributed by atoms with Crippen molar-refractivity contribution in [2.45, 2.75) is 0 Å². The number of urea groups is 1. The summed E-state index contributed by atoms with van der Waals surface area (Å²) in [4.78, 5) is 37.4. The second kappa shape index (κ2) is 6.78. The first-order valence-corrected chi connectivity index (χ1v) is 7.88. The van der Waals surface area contributed by atoms with Crippen LogP contribution in [0, 0.1) is 5.82 Å². The third-order valence-electron chi connectivity index (χ3n) is 3.54. The number of carbonyl (C=O) groups excluding carboxylic acids is 3. The number of nitrogens with zero attached hydrogens (tertiary/aromatic N) is 1. The van der Waals surface area contributed by atoms with Crippen molar-refractivity contribution in [3.63, 3.8) is 0 Å². The van der Waals surface area contributed by atoms with E-state index < -0.39 is 29.2 Å². The fourth-order valence-electron chi connectivity index (χ4n) is 2.33. The second-order valence-corrected chi connectivity index (χ2v) is 6.10. The average molecular weight is 395 g/mol. The fraction of sp³-hybridized carbons (Fsp3) is 0. The number of hydrogen-bond acceptors (Lipinski definition) is 4. The summed E-state index contributed by atoms with van der Waals surface area (Å²) in [7, 11) is 0. The van der Waals surface area contributed by atoms with Crippen molar-refractivity contribution < 1.29 is 23.9 Å². The number of imide groups is 2. The normalized spacial score (nSPS) is 16.2. The van der Waals surface area contributed by atoms with Gasteiger partial charge in [0.1, 0.15) is 17.1 Å². The third kappa shape index (κ3) is 3.26. The van der Waals surface area contributed by atoms with Crippen molar-refractivity contribution in [2.75, 3.05) is 4.90 Å². The number of barbiturate groups is 1. The maximum Gasteiger partial charge on any atom is 0.335 e. The van der Waals surface area contributed by atoms with Crippen LogP contribution in [0.3, 0.4) is 0 Å². The molecule has 1 aliphatic heterocycles. The minimum atomic E-state index is -0.975. The highest BCUT2D eigenvalue weighted by Crippen LogP contribution is 2.33. The summed E-state index contributed by atoms with van der Waals surface area (Å²) in [6.45, 7) is 0. The minimum Gasteiger partial charge on any atom is -0.506 e. The number of aromatic hydroxyl groups is 1. The van der Waals surface area contributed by atoms with Crippen LogP contribution in [0.1, 0.15) is 5.56 Å². The monoisotopic (exact) mass is 394 g/mol. The van der Waals surface area contributed by atoms with E-state index in [1.54, 1.807) is 0 Å². The number of amides is 4. The first kappa shape index (κ1) is 17.9. The Morgan fingerprint density at radius 2 is 1.73 bits per heavy atom. The summed E-state index contributed by atoms with van der Waals surface area (Å²) in [5.74, 6) is -2.83. The van der Waals surface area contributed by atoms with E-state index in [0.29, 0.717) is 4.90 Å². The summed E-state index contributed by atoms with van der Waals surface area (Å²) in [6.07, 6.45) is 1.06. The molecule has 1 fully saturated rings. The molecule has 2 aromatic rings. The molecule has 4 amide bonds. The van der Waals surface area contributed by atoms with Crippen molar-refractivity contribution in [3.8, 4) is 5.75 Å². The molecule has 0 radical (unpaired) electrons. The molecule has 0 aliphatic carbocycles. The number of hydrogen-bond donors (Lipinski definition) is 2. The number of anilines is 1. The van der Waals surface area contributed by atoms with E-state index in [1.165, 1.54) is 24.3 Å². The van der Waals surface area contributed by atoms with Gasteiger partial charge in [0.15, 0.2) is 0 Å². The van der Waals surface area contributed by atoms with Crippen molar-refractivity contribution in [2.24, 2.45) is 0 Å². The SMILES string of the molecule is O=C1NC(=O)N(c2ccc(F)cc2)C(=O)/C1=C/c1cc(Cl)cc(Cl)c1O. The highest BCUT2D eigenvalue weighted by molar-refractivity contribution is 6.39. The van der Waals surface area contributed by atoms with Crippen molar-refractivity contribution in [3.05, 3.63) is 63.4 Å². The van der Waals surface area contributed by atoms with Gasteiger partial charge in [0.2, 0.25) is 0 Å². The van der Waals surface area contributed by atoms with Gasteiger partial charge in [-0.2, -0.15) is 0 Å². The van der Waals surface area contributed by atoms with E-state index in [0.717, 1.165) is 18.2 Å². The van der Waals surface area contributed by atoms with Crippen LogP contribution in [-0.4, -0.2) is 23.0 Å². The van der Waals surface area contributed by atoms with E-state index in [-0.39, 0.29) is 27.0 Å². The first-order valence-electron chi connectivity index (χ1n) is 7.13. The molecular formula is C17H9Cl2FN2O4. The molecule has 3 rings (SSSR count). The standard InChI is InChI=1S/C17H9Cl2FN2O4/c18-9-5-8(14(23)13(19)7-9)6-12-15(24)21-17(26)22(16(12)25)11-3-1-10(20)2-4-11/h1-7,23H,(H,21,24,26)/b12-6+. The number of phenolic OH excluding ortho intramolecular Hbond substituents is 1. The van der Waals surface area contributed by atoms with Crippen LogP contribution in [0.2, 0.25) is 10.0 Å². The Kier molecular flexibility index (Phi) is 4.67. The molecule has 0 spiro atoms. The number of nitrogens with one attached hydrogen (secondary N) is 1. The number of carbonyl (C=O) groups is 3. The van der Waals surface area contributed by atoms with Crippen molar-refractivity contribution in [1.29, 1.82) is 0 Å². The van der Waals surface area contributed by atoms with Gasteiger partial charge >= 0.3 is 6.03 Å². The van der Waals surface area contributed by atoms with Crippen LogP contribution in [0.5, 0.6) is 5.75 Å². The van der Waals surface area contributed by atoms with Gasteiger partial charge in [-0.3, -0.25) is 14.9 Å². The third-order valence-corrected chi connectivity index (χ3v) is 4.05. The molecule has 0 atom stereocenters. The molecule has 1 aliphatic rings. The topological polar surface area (TPSA) is 86.7 Å². The summed E-state index contributed by atoms with van der Waals surface area (Å²) in [6, 6.07) is 6.18. The molecule has 2 N–H and O–H groups in total. The summed E-state index contributed by atoms with van der Waals surface area (Å²) in [5.41, 5.74) is -0.336. The Morgan fingerprint density at radius 1 is 1.08 bits per heavy atom. The zero-order chi connectivity index (χ0) is 19.0.